The van der Waals surface area contributed by atoms with Crippen LogP contribution >= 0.6 is 0 Å². The van der Waals surface area contributed by atoms with Gasteiger partial charge < -0.3 is 0 Å². The van der Waals surface area contributed by atoms with Gasteiger partial charge in [-0.25, -0.2) is 9.37 Å². The molecule has 0 radical (unpaired) electrons. The van der Waals surface area contributed by atoms with E-state index in [4.69, 9.17) is 0 Å². The fraction of sp³-hybridized carbons (Fsp3) is 0.400. The summed E-state index contributed by atoms with van der Waals surface area (Å²) < 4.78 is 64.6. The van der Waals surface area contributed by atoms with Crippen molar-refractivity contribution >= 4 is 5.65 Å². The van der Waals surface area contributed by atoms with Crippen molar-refractivity contribution in [1.29, 1.82) is 0 Å². The lowest BCUT2D eigenvalue weighted by Crippen LogP contribution is -2.13. The number of halogens is 5. The van der Waals surface area contributed by atoms with Crippen LogP contribution in [0.2, 0.25) is 0 Å². The minimum atomic E-state index is -4.98. The number of rotatable bonds is 1. The normalized spacial score (nSPS) is 12.7. The first-order chi connectivity index (χ1) is 8.21. The molecule has 0 fully saturated rings. The molecule has 0 atom stereocenters. The van der Waals surface area contributed by atoms with Crippen molar-refractivity contribution in [2.24, 2.45) is 0 Å². The Balaban J connectivity index is 2.78. The Morgan fingerprint density at radius 1 is 1.22 bits per heavy atom. The maximum atomic E-state index is 13.6. The second-order valence-corrected chi connectivity index (χ2v) is 4.05. The van der Waals surface area contributed by atoms with Crippen molar-refractivity contribution in [2.45, 2.75) is 25.9 Å². The molecule has 18 heavy (non-hydrogen) atoms. The molecule has 98 valence electrons. The number of pyridine rings is 1. The summed E-state index contributed by atoms with van der Waals surface area (Å²) in [6.07, 6.45) is -4.98. The Kier molecular flexibility index (Phi) is 2.75. The van der Waals surface area contributed by atoms with Gasteiger partial charge >= 0.3 is 6.18 Å². The monoisotopic (exact) mass is 265 g/mol. The molecule has 2 aromatic heterocycles. The zero-order valence-electron chi connectivity index (χ0n) is 9.39. The van der Waals surface area contributed by atoms with Gasteiger partial charge in [-0.2, -0.15) is 22.1 Å². The molecule has 8 heteroatoms. The van der Waals surface area contributed by atoms with Crippen LogP contribution < -0.4 is 0 Å². The highest BCUT2D eigenvalue weighted by molar-refractivity contribution is 5.42. The summed E-state index contributed by atoms with van der Waals surface area (Å²) in [6.45, 7) is 3.32. The SMILES string of the molecule is CC(C)c1nc2c(F)cc(C(F)(F)F)c(F)n2n1. The second-order valence-electron chi connectivity index (χ2n) is 4.05. The predicted molar refractivity (Wildman–Crippen MR) is 52.0 cm³/mol. The van der Waals surface area contributed by atoms with Gasteiger partial charge in [0.25, 0.3) is 0 Å². The van der Waals surface area contributed by atoms with E-state index in [1.54, 1.807) is 13.8 Å². The highest BCUT2D eigenvalue weighted by Gasteiger charge is 2.37. The summed E-state index contributed by atoms with van der Waals surface area (Å²) >= 11 is 0. The maximum Gasteiger partial charge on any atom is 0.420 e. The molecule has 0 aliphatic rings. The van der Waals surface area contributed by atoms with Crippen LogP contribution in [-0.2, 0) is 6.18 Å². The number of alkyl halides is 3. The van der Waals surface area contributed by atoms with Crippen molar-refractivity contribution < 1.29 is 22.0 Å². The van der Waals surface area contributed by atoms with E-state index in [9.17, 15) is 22.0 Å². The molecule has 0 aromatic carbocycles. The fourth-order valence-corrected chi connectivity index (χ4v) is 1.43. The van der Waals surface area contributed by atoms with Gasteiger partial charge in [0.1, 0.15) is 5.56 Å². The maximum absolute atomic E-state index is 13.6. The van der Waals surface area contributed by atoms with Gasteiger partial charge in [-0.3, -0.25) is 0 Å². The van der Waals surface area contributed by atoms with Crippen LogP contribution in [0.1, 0.15) is 31.2 Å². The first-order valence-electron chi connectivity index (χ1n) is 5.03. The first-order valence-corrected chi connectivity index (χ1v) is 5.03. The quantitative estimate of drug-likeness (QED) is 0.585. The number of aromatic nitrogens is 3. The van der Waals surface area contributed by atoms with Crippen molar-refractivity contribution in [3.63, 3.8) is 0 Å². The Morgan fingerprint density at radius 2 is 1.83 bits per heavy atom. The molecule has 0 bridgehead atoms. The largest absolute Gasteiger partial charge is 0.420 e. The Morgan fingerprint density at radius 3 is 2.33 bits per heavy atom. The van der Waals surface area contributed by atoms with Crippen LogP contribution in [0.4, 0.5) is 22.0 Å². The predicted octanol–water partition coefficient (Wildman–Crippen LogP) is 3.15. The molecule has 2 rings (SSSR count). The van der Waals surface area contributed by atoms with E-state index in [1.165, 1.54) is 0 Å². The molecule has 0 saturated heterocycles. The smallest absolute Gasteiger partial charge is 0.209 e. The van der Waals surface area contributed by atoms with Gasteiger partial charge in [-0.15, -0.1) is 5.10 Å². The van der Waals surface area contributed by atoms with Crippen LogP contribution in [0.25, 0.3) is 5.65 Å². The van der Waals surface area contributed by atoms with Crippen LogP contribution in [0.3, 0.4) is 0 Å². The zero-order valence-corrected chi connectivity index (χ0v) is 9.39. The lowest BCUT2D eigenvalue weighted by Gasteiger charge is -2.08. The van der Waals surface area contributed by atoms with Crippen molar-refractivity contribution in [1.82, 2.24) is 14.6 Å². The molecule has 2 aromatic rings. The molecule has 0 unspecified atom stereocenters. The van der Waals surface area contributed by atoms with E-state index in [0.29, 0.717) is 0 Å². The van der Waals surface area contributed by atoms with Gasteiger partial charge in [-0.1, -0.05) is 13.8 Å². The molecule has 0 aliphatic carbocycles. The first kappa shape index (κ1) is 12.7. The van der Waals surface area contributed by atoms with Crippen LogP contribution in [0, 0.1) is 11.8 Å². The number of fused-ring (bicyclic) bond motifs is 1. The third kappa shape index (κ3) is 1.91. The second kappa shape index (κ2) is 3.89. The minimum Gasteiger partial charge on any atom is -0.209 e. The molecule has 2 heterocycles. The fourth-order valence-electron chi connectivity index (χ4n) is 1.43. The lowest BCUT2D eigenvalue weighted by atomic mass is 10.2. The third-order valence-corrected chi connectivity index (χ3v) is 2.34. The number of nitrogens with zero attached hydrogens (tertiary/aromatic N) is 3. The average Bonchev–Trinajstić information content (AvgIpc) is 2.67. The molecular formula is C10H8F5N3. The summed E-state index contributed by atoms with van der Waals surface area (Å²) in [5.74, 6) is -3.11. The zero-order chi connectivity index (χ0) is 13.7. The van der Waals surface area contributed by atoms with Gasteiger partial charge in [0.2, 0.25) is 5.95 Å². The van der Waals surface area contributed by atoms with Gasteiger partial charge in [-0.05, 0) is 6.07 Å². The van der Waals surface area contributed by atoms with E-state index < -0.39 is 29.2 Å². The summed E-state index contributed by atoms with van der Waals surface area (Å²) in [5, 5.41) is 3.54. The molecule has 0 spiro atoms. The van der Waals surface area contributed by atoms with Crippen molar-refractivity contribution in [3.05, 3.63) is 29.2 Å². The molecule has 3 nitrogen and oxygen atoms in total. The van der Waals surface area contributed by atoms with Crippen LogP contribution in [0.5, 0.6) is 0 Å². The lowest BCUT2D eigenvalue weighted by molar-refractivity contribution is -0.140. The number of hydrogen-bond donors (Lipinski definition) is 0. The van der Waals surface area contributed by atoms with E-state index in [1.807, 2.05) is 0 Å². The Labute approximate surface area is 98.2 Å². The molecule has 0 saturated carbocycles. The Bertz CT molecular complexity index is 600. The molecule has 0 aliphatic heterocycles. The Hall–Kier alpha value is -1.73. The molecular weight excluding hydrogens is 257 g/mol. The summed E-state index contributed by atoms with van der Waals surface area (Å²) in [4.78, 5) is 3.67. The average molecular weight is 265 g/mol. The van der Waals surface area contributed by atoms with Gasteiger partial charge in [0, 0.05) is 5.92 Å². The van der Waals surface area contributed by atoms with Crippen molar-refractivity contribution in [3.8, 4) is 0 Å². The van der Waals surface area contributed by atoms with E-state index in [-0.39, 0.29) is 22.3 Å². The highest BCUT2D eigenvalue weighted by Crippen LogP contribution is 2.32. The van der Waals surface area contributed by atoms with E-state index >= 15 is 0 Å². The molecule has 0 amide bonds. The highest BCUT2D eigenvalue weighted by atomic mass is 19.4. The summed E-state index contributed by atoms with van der Waals surface area (Å²) in [5.41, 5.74) is -2.25. The summed E-state index contributed by atoms with van der Waals surface area (Å²) in [6, 6.07) is 0.0868. The van der Waals surface area contributed by atoms with E-state index in [0.717, 1.165) is 0 Å². The van der Waals surface area contributed by atoms with Crippen molar-refractivity contribution in [2.75, 3.05) is 0 Å². The standard InChI is InChI=1S/C10H8F5N3/c1-4(2)8-16-9-6(11)3-5(10(13,14)15)7(12)18(9)17-8/h3-4H,1-2H3. The third-order valence-electron chi connectivity index (χ3n) is 2.34. The van der Waals surface area contributed by atoms with Gasteiger partial charge in [0.05, 0.1) is 0 Å². The van der Waals surface area contributed by atoms with Crippen LogP contribution in [-0.4, -0.2) is 14.6 Å². The van der Waals surface area contributed by atoms with Gasteiger partial charge in [0.15, 0.2) is 17.3 Å². The minimum absolute atomic E-state index is 0.0760. The summed E-state index contributed by atoms with van der Waals surface area (Å²) in [7, 11) is 0. The van der Waals surface area contributed by atoms with Crippen LogP contribution in [0.15, 0.2) is 6.07 Å². The number of hydrogen-bond acceptors (Lipinski definition) is 2. The van der Waals surface area contributed by atoms with E-state index in [2.05, 4.69) is 10.1 Å². The topological polar surface area (TPSA) is 30.2 Å². The molecule has 0 N–H and O–H groups in total.